The number of alkyl halides is 6. The molecule has 198 valence electrons. The third kappa shape index (κ3) is 7.13. The fraction of sp³-hybridized carbons (Fsp3) is 0.333. The van der Waals surface area contributed by atoms with Gasteiger partial charge in [0.05, 0.1) is 13.2 Å². The maximum absolute atomic E-state index is 13.7. The van der Waals surface area contributed by atoms with Gasteiger partial charge in [0.25, 0.3) is 5.91 Å². The maximum Gasteiger partial charge on any atom is 0.573 e. The molecule has 2 heterocycles. The molecule has 0 saturated carbocycles. The van der Waals surface area contributed by atoms with Gasteiger partial charge in [0, 0.05) is 30.9 Å². The van der Waals surface area contributed by atoms with Crippen molar-refractivity contribution in [3.63, 3.8) is 0 Å². The zero-order chi connectivity index (χ0) is 26.6. The molecule has 0 aliphatic carbocycles. The van der Waals surface area contributed by atoms with E-state index in [0.717, 1.165) is 17.8 Å². The number of morpholine rings is 1. The monoisotopic (exact) mass is 545 g/mol. The van der Waals surface area contributed by atoms with Crippen LogP contribution in [0.5, 0.6) is 5.75 Å². The van der Waals surface area contributed by atoms with Gasteiger partial charge >= 0.3 is 12.5 Å². The highest BCUT2D eigenvalue weighted by atomic mass is 32.1. The summed E-state index contributed by atoms with van der Waals surface area (Å²) in [5, 5.41) is 2.45. The third-order valence-corrected chi connectivity index (χ3v) is 6.51. The maximum atomic E-state index is 13.7. The molecular formula is C24H21F6N3O3S. The molecule has 2 aromatic carbocycles. The number of thiazole rings is 1. The lowest BCUT2D eigenvalue weighted by Crippen LogP contribution is -2.36. The Hall–Kier alpha value is -3.32. The first kappa shape index (κ1) is 26.7. The summed E-state index contributed by atoms with van der Waals surface area (Å²) in [5.41, 5.74) is 0.373. The first-order valence-electron chi connectivity index (χ1n) is 11.1. The topological polar surface area (TPSA) is 63.7 Å². The number of carbonyl (C=O) groups is 1. The number of carbonyl (C=O) groups excluding carboxylic acids is 1. The second-order valence-corrected chi connectivity index (χ2v) is 9.04. The van der Waals surface area contributed by atoms with E-state index in [-0.39, 0.29) is 18.0 Å². The second kappa shape index (κ2) is 11.0. The summed E-state index contributed by atoms with van der Waals surface area (Å²) in [6.07, 6.45) is -9.63. The van der Waals surface area contributed by atoms with Crippen LogP contribution in [-0.2, 0) is 17.3 Å². The van der Waals surface area contributed by atoms with Crippen LogP contribution in [0.3, 0.4) is 0 Å². The summed E-state index contributed by atoms with van der Waals surface area (Å²) < 4.78 is 87.6. The lowest BCUT2D eigenvalue weighted by Gasteiger charge is -2.29. The summed E-state index contributed by atoms with van der Waals surface area (Å²) in [4.78, 5) is 17.9. The van der Waals surface area contributed by atoms with Crippen molar-refractivity contribution in [3.05, 3.63) is 64.7 Å². The normalized spacial score (nSPS) is 14.5. The Morgan fingerprint density at radius 1 is 1.05 bits per heavy atom. The predicted octanol–water partition coefficient (Wildman–Crippen LogP) is 5.54. The molecule has 3 aromatic rings. The minimum Gasteiger partial charge on any atom is -0.406 e. The Morgan fingerprint density at radius 3 is 2.49 bits per heavy atom. The van der Waals surface area contributed by atoms with Crippen molar-refractivity contribution in [2.45, 2.75) is 19.0 Å². The van der Waals surface area contributed by atoms with E-state index >= 15 is 0 Å². The fourth-order valence-electron chi connectivity index (χ4n) is 3.75. The van der Waals surface area contributed by atoms with Crippen LogP contribution in [0.25, 0.3) is 10.6 Å². The molecule has 0 spiro atoms. The summed E-state index contributed by atoms with van der Waals surface area (Å²) >= 11 is 0.627. The molecule has 0 atom stereocenters. The van der Waals surface area contributed by atoms with Crippen LogP contribution >= 0.6 is 11.3 Å². The van der Waals surface area contributed by atoms with Crippen LogP contribution < -0.4 is 15.0 Å². The third-order valence-electron chi connectivity index (χ3n) is 5.40. The smallest absolute Gasteiger partial charge is 0.406 e. The van der Waals surface area contributed by atoms with Crippen LogP contribution in [-0.4, -0.2) is 50.1 Å². The highest BCUT2D eigenvalue weighted by Gasteiger charge is 2.39. The van der Waals surface area contributed by atoms with E-state index in [1.165, 1.54) is 12.1 Å². The lowest BCUT2D eigenvalue weighted by atomic mass is 10.1. The number of nitrogens with one attached hydrogen (secondary N) is 1. The molecule has 0 bridgehead atoms. The van der Waals surface area contributed by atoms with E-state index in [2.05, 4.69) is 15.0 Å². The second-order valence-electron chi connectivity index (χ2n) is 8.05. The van der Waals surface area contributed by atoms with E-state index in [1.807, 2.05) is 11.0 Å². The number of halogens is 6. The van der Waals surface area contributed by atoms with Gasteiger partial charge in [-0.05, 0) is 36.2 Å². The van der Waals surface area contributed by atoms with Gasteiger partial charge in [-0.1, -0.05) is 24.3 Å². The van der Waals surface area contributed by atoms with E-state index in [0.29, 0.717) is 48.8 Å². The highest BCUT2D eigenvalue weighted by molar-refractivity contribution is 7.17. The van der Waals surface area contributed by atoms with Gasteiger partial charge < -0.3 is 19.7 Å². The van der Waals surface area contributed by atoms with Gasteiger partial charge in [0.15, 0.2) is 5.69 Å². The lowest BCUT2D eigenvalue weighted by molar-refractivity contribution is -0.274. The quantitative estimate of drug-likeness (QED) is 0.396. The molecule has 0 radical (unpaired) electrons. The standard InChI is InChI=1S/C24H21F6N3O3S/c25-23(26,27)20-19(21(34)31-8-7-15-3-1-6-18(13-15)36-24(28,29)30)37-22(32-20)16-4-2-5-17(14-16)33-9-11-35-12-10-33/h1-6,13-14H,7-12H2,(H,31,34). The number of rotatable bonds is 7. The summed E-state index contributed by atoms with van der Waals surface area (Å²) in [6, 6.07) is 12.0. The minimum absolute atomic E-state index is 0.0459. The van der Waals surface area contributed by atoms with Gasteiger partial charge in [-0.2, -0.15) is 13.2 Å². The molecule has 4 rings (SSSR count). The highest BCUT2D eigenvalue weighted by Crippen LogP contribution is 2.38. The first-order valence-corrected chi connectivity index (χ1v) is 12.0. The summed E-state index contributed by atoms with van der Waals surface area (Å²) in [7, 11) is 0. The molecule has 1 fully saturated rings. The SMILES string of the molecule is O=C(NCCc1cccc(OC(F)(F)F)c1)c1sc(-c2cccc(N3CCOCC3)c2)nc1C(F)(F)F. The number of aromatic nitrogens is 1. The number of hydrogen-bond acceptors (Lipinski definition) is 6. The Labute approximate surface area is 211 Å². The zero-order valence-corrected chi connectivity index (χ0v) is 20.0. The number of ether oxygens (including phenoxy) is 2. The van der Waals surface area contributed by atoms with E-state index in [4.69, 9.17) is 4.74 Å². The van der Waals surface area contributed by atoms with Crippen LogP contribution in [0, 0.1) is 0 Å². The van der Waals surface area contributed by atoms with Crippen molar-refractivity contribution in [3.8, 4) is 16.3 Å². The molecule has 1 N–H and O–H groups in total. The molecule has 6 nitrogen and oxygen atoms in total. The van der Waals surface area contributed by atoms with Gasteiger partial charge in [0.2, 0.25) is 0 Å². The van der Waals surface area contributed by atoms with Crippen LogP contribution in [0.15, 0.2) is 48.5 Å². The Balaban J connectivity index is 1.48. The van der Waals surface area contributed by atoms with Crippen molar-refractivity contribution in [2.24, 2.45) is 0 Å². The Kier molecular flexibility index (Phi) is 7.93. The van der Waals surface area contributed by atoms with Crippen LogP contribution in [0.2, 0.25) is 0 Å². The number of benzene rings is 2. The van der Waals surface area contributed by atoms with Gasteiger partial charge in [-0.25, -0.2) is 4.98 Å². The van der Waals surface area contributed by atoms with E-state index in [9.17, 15) is 31.1 Å². The molecule has 1 aliphatic heterocycles. The molecule has 1 aliphatic rings. The first-order chi connectivity index (χ1) is 17.5. The fourth-order valence-corrected chi connectivity index (χ4v) is 4.74. The average Bonchev–Trinajstić information content (AvgIpc) is 3.31. The van der Waals surface area contributed by atoms with Crippen LogP contribution in [0.4, 0.5) is 32.0 Å². The molecule has 0 unspecified atom stereocenters. The van der Waals surface area contributed by atoms with Crippen LogP contribution in [0.1, 0.15) is 20.9 Å². The number of hydrogen-bond donors (Lipinski definition) is 1. The minimum atomic E-state index is -4.85. The number of amides is 1. The Morgan fingerprint density at radius 2 is 1.78 bits per heavy atom. The summed E-state index contributed by atoms with van der Waals surface area (Å²) in [5.74, 6) is -1.40. The molecular weight excluding hydrogens is 524 g/mol. The number of nitrogens with zero attached hydrogens (tertiary/aromatic N) is 2. The molecule has 1 amide bonds. The number of anilines is 1. The van der Waals surface area contributed by atoms with E-state index in [1.54, 1.807) is 18.2 Å². The Bertz CT molecular complexity index is 1240. The molecule has 37 heavy (non-hydrogen) atoms. The van der Waals surface area contributed by atoms with Gasteiger partial charge in [-0.3, -0.25) is 4.79 Å². The summed E-state index contributed by atoms with van der Waals surface area (Å²) in [6.45, 7) is 2.28. The average molecular weight is 546 g/mol. The van der Waals surface area contributed by atoms with Gasteiger partial charge in [0.1, 0.15) is 15.6 Å². The molecule has 1 aromatic heterocycles. The van der Waals surface area contributed by atoms with Crippen molar-refractivity contribution in [1.29, 1.82) is 0 Å². The van der Waals surface area contributed by atoms with Crippen molar-refractivity contribution in [2.75, 3.05) is 37.7 Å². The van der Waals surface area contributed by atoms with Gasteiger partial charge in [-0.15, -0.1) is 24.5 Å². The van der Waals surface area contributed by atoms with E-state index < -0.39 is 34.8 Å². The molecule has 13 heteroatoms. The van der Waals surface area contributed by atoms with Crippen molar-refractivity contribution in [1.82, 2.24) is 10.3 Å². The zero-order valence-electron chi connectivity index (χ0n) is 19.2. The predicted molar refractivity (Wildman–Crippen MR) is 125 cm³/mol. The largest absolute Gasteiger partial charge is 0.573 e. The molecule has 1 saturated heterocycles. The van der Waals surface area contributed by atoms with Crippen molar-refractivity contribution >= 4 is 22.9 Å². The van der Waals surface area contributed by atoms with Crippen molar-refractivity contribution < 1.29 is 40.6 Å².